The molecule has 0 saturated carbocycles. The van der Waals surface area contributed by atoms with Gasteiger partial charge in [-0.3, -0.25) is 9.48 Å². The summed E-state index contributed by atoms with van der Waals surface area (Å²) in [5.41, 5.74) is 0.458. The number of carbonyl (C=O) groups excluding carboxylic acids is 1. The maximum Gasteiger partial charge on any atom is 0.325 e. The van der Waals surface area contributed by atoms with Crippen molar-refractivity contribution < 1.29 is 19.4 Å². The van der Waals surface area contributed by atoms with Crippen molar-refractivity contribution in [3.8, 4) is 0 Å². The number of ether oxygens (including phenoxy) is 1. The monoisotopic (exact) mass is 282 g/mol. The standard InChI is InChI=1S/C12H18N4O4/c1-8-9(2-3-20-8)4-13-12(19)15-10-5-14-16(6-10)7-11(17)18/h5-6,8-9H,2-4,7H2,1H3,(H,17,18)(H2,13,15,19). The number of anilines is 1. The lowest BCUT2D eigenvalue weighted by atomic mass is 10.0. The Bertz CT molecular complexity index is 488. The number of hydrogen-bond acceptors (Lipinski definition) is 4. The number of hydrogen-bond donors (Lipinski definition) is 3. The van der Waals surface area contributed by atoms with Gasteiger partial charge in [0.1, 0.15) is 6.54 Å². The van der Waals surface area contributed by atoms with Crippen molar-refractivity contribution in [2.45, 2.75) is 26.0 Å². The summed E-state index contributed by atoms with van der Waals surface area (Å²) in [6.45, 7) is 3.04. The largest absolute Gasteiger partial charge is 0.480 e. The Morgan fingerprint density at radius 1 is 1.60 bits per heavy atom. The molecular weight excluding hydrogens is 264 g/mol. The van der Waals surface area contributed by atoms with Gasteiger partial charge < -0.3 is 20.5 Å². The number of nitrogens with one attached hydrogen (secondary N) is 2. The molecule has 2 amide bonds. The zero-order valence-corrected chi connectivity index (χ0v) is 11.2. The van der Waals surface area contributed by atoms with Gasteiger partial charge >= 0.3 is 12.0 Å². The summed E-state index contributed by atoms with van der Waals surface area (Å²) in [7, 11) is 0. The smallest absolute Gasteiger partial charge is 0.325 e. The van der Waals surface area contributed by atoms with Gasteiger partial charge in [0.15, 0.2) is 0 Å². The molecule has 2 heterocycles. The molecule has 0 bridgehead atoms. The molecule has 0 spiro atoms. The molecule has 1 fully saturated rings. The van der Waals surface area contributed by atoms with Crippen LogP contribution in [0.4, 0.5) is 10.5 Å². The minimum absolute atomic E-state index is 0.161. The lowest BCUT2D eigenvalue weighted by Crippen LogP contribution is -2.34. The number of rotatable bonds is 5. The van der Waals surface area contributed by atoms with Crippen LogP contribution in [0.2, 0.25) is 0 Å². The zero-order valence-electron chi connectivity index (χ0n) is 11.2. The van der Waals surface area contributed by atoms with E-state index in [1.807, 2.05) is 6.92 Å². The molecule has 20 heavy (non-hydrogen) atoms. The Morgan fingerprint density at radius 2 is 2.40 bits per heavy atom. The molecule has 1 aliphatic rings. The number of carbonyl (C=O) groups is 2. The summed E-state index contributed by atoms with van der Waals surface area (Å²) in [6, 6.07) is -0.334. The van der Waals surface area contributed by atoms with Gasteiger partial charge in [0, 0.05) is 25.3 Å². The first-order chi connectivity index (χ1) is 9.54. The highest BCUT2D eigenvalue weighted by Crippen LogP contribution is 2.19. The van der Waals surface area contributed by atoms with E-state index in [-0.39, 0.29) is 18.7 Å². The minimum Gasteiger partial charge on any atom is -0.480 e. The van der Waals surface area contributed by atoms with E-state index in [1.54, 1.807) is 0 Å². The van der Waals surface area contributed by atoms with Crippen LogP contribution in [0.15, 0.2) is 12.4 Å². The average Bonchev–Trinajstić information content (AvgIpc) is 2.96. The first-order valence-electron chi connectivity index (χ1n) is 6.45. The first-order valence-corrected chi connectivity index (χ1v) is 6.45. The molecule has 2 atom stereocenters. The van der Waals surface area contributed by atoms with Crippen LogP contribution in [0.1, 0.15) is 13.3 Å². The van der Waals surface area contributed by atoms with Gasteiger partial charge in [0.2, 0.25) is 0 Å². The van der Waals surface area contributed by atoms with Crippen LogP contribution in [0.3, 0.4) is 0 Å². The second kappa shape index (κ2) is 6.38. The Morgan fingerprint density at radius 3 is 3.05 bits per heavy atom. The van der Waals surface area contributed by atoms with E-state index in [1.165, 1.54) is 17.1 Å². The van der Waals surface area contributed by atoms with Crippen LogP contribution < -0.4 is 10.6 Å². The Labute approximate surface area is 116 Å². The van der Waals surface area contributed by atoms with Gasteiger partial charge in [-0.25, -0.2) is 4.79 Å². The Hall–Kier alpha value is -2.09. The molecule has 110 valence electrons. The van der Waals surface area contributed by atoms with Crippen LogP contribution in [0.25, 0.3) is 0 Å². The predicted octanol–water partition coefficient (Wildman–Crippen LogP) is 0.514. The number of amides is 2. The maximum absolute atomic E-state index is 11.7. The third-order valence-electron chi connectivity index (χ3n) is 3.25. The molecule has 2 unspecified atom stereocenters. The minimum atomic E-state index is -0.987. The number of aromatic nitrogens is 2. The van der Waals surface area contributed by atoms with E-state index in [2.05, 4.69) is 15.7 Å². The SMILES string of the molecule is CC1OCCC1CNC(=O)Nc1cnn(CC(=O)O)c1. The van der Waals surface area contributed by atoms with Gasteiger partial charge in [-0.15, -0.1) is 0 Å². The quantitative estimate of drug-likeness (QED) is 0.730. The maximum atomic E-state index is 11.7. The normalized spacial score (nSPS) is 21.6. The van der Waals surface area contributed by atoms with E-state index < -0.39 is 5.97 Å². The predicted molar refractivity (Wildman–Crippen MR) is 70.4 cm³/mol. The molecule has 1 aromatic heterocycles. The third kappa shape index (κ3) is 3.95. The zero-order chi connectivity index (χ0) is 14.5. The summed E-state index contributed by atoms with van der Waals surface area (Å²) in [5.74, 6) is -0.658. The molecule has 0 radical (unpaired) electrons. The van der Waals surface area contributed by atoms with E-state index in [4.69, 9.17) is 9.84 Å². The summed E-state index contributed by atoms with van der Waals surface area (Å²) < 4.78 is 6.66. The van der Waals surface area contributed by atoms with Crippen LogP contribution in [-0.2, 0) is 16.1 Å². The van der Waals surface area contributed by atoms with Crippen molar-refractivity contribution in [2.75, 3.05) is 18.5 Å². The highest BCUT2D eigenvalue weighted by atomic mass is 16.5. The highest BCUT2D eigenvalue weighted by molar-refractivity contribution is 5.88. The fourth-order valence-corrected chi connectivity index (χ4v) is 2.10. The van der Waals surface area contributed by atoms with Gasteiger partial charge in [0.05, 0.1) is 18.0 Å². The molecule has 1 saturated heterocycles. The first kappa shape index (κ1) is 14.3. The van der Waals surface area contributed by atoms with Gasteiger partial charge in [-0.1, -0.05) is 0 Å². The van der Waals surface area contributed by atoms with Crippen molar-refractivity contribution in [1.82, 2.24) is 15.1 Å². The molecule has 2 rings (SSSR count). The van der Waals surface area contributed by atoms with E-state index >= 15 is 0 Å². The van der Waals surface area contributed by atoms with E-state index in [0.29, 0.717) is 18.2 Å². The van der Waals surface area contributed by atoms with Gasteiger partial charge in [-0.2, -0.15) is 5.10 Å². The van der Waals surface area contributed by atoms with Crippen LogP contribution in [0, 0.1) is 5.92 Å². The van der Waals surface area contributed by atoms with Gasteiger partial charge in [0.25, 0.3) is 0 Å². The van der Waals surface area contributed by atoms with Crippen molar-refractivity contribution >= 4 is 17.7 Å². The number of carboxylic acids is 1. The lowest BCUT2D eigenvalue weighted by molar-refractivity contribution is -0.137. The van der Waals surface area contributed by atoms with Crippen LogP contribution >= 0.6 is 0 Å². The number of carboxylic acid groups (broad SMARTS) is 1. The molecule has 8 heteroatoms. The molecule has 8 nitrogen and oxygen atoms in total. The molecule has 0 aromatic carbocycles. The summed E-state index contributed by atoms with van der Waals surface area (Å²) in [4.78, 5) is 22.2. The lowest BCUT2D eigenvalue weighted by Gasteiger charge is -2.14. The number of aliphatic carboxylic acids is 1. The highest BCUT2D eigenvalue weighted by Gasteiger charge is 2.24. The number of nitrogens with zero attached hydrogens (tertiary/aromatic N) is 2. The summed E-state index contributed by atoms with van der Waals surface area (Å²) >= 11 is 0. The molecule has 1 aromatic rings. The Kier molecular flexibility index (Phi) is 4.57. The summed E-state index contributed by atoms with van der Waals surface area (Å²) in [5, 5.41) is 17.8. The van der Waals surface area contributed by atoms with Crippen molar-refractivity contribution in [3.05, 3.63) is 12.4 Å². The Balaban J connectivity index is 1.76. The van der Waals surface area contributed by atoms with Crippen molar-refractivity contribution in [1.29, 1.82) is 0 Å². The summed E-state index contributed by atoms with van der Waals surface area (Å²) in [6.07, 6.45) is 3.98. The van der Waals surface area contributed by atoms with Crippen molar-refractivity contribution in [3.63, 3.8) is 0 Å². The molecule has 1 aliphatic heterocycles. The van der Waals surface area contributed by atoms with E-state index in [0.717, 1.165) is 13.0 Å². The third-order valence-corrected chi connectivity index (χ3v) is 3.25. The van der Waals surface area contributed by atoms with Crippen LogP contribution in [0.5, 0.6) is 0 Å². The molecular formula is C12H18N4O4. The van der Waals surface area contributed by atoms with E-state index in [9.17, 15) is 9.59 Å². The second-order valence-corrected chi connectivity index (χ2v) is 4.78. The van der Waals surface area contributed by atoms with Crippen molar-refractivity contribution in [2.24, 2.45) is 5.92 Å². The average molecular weight is 282 g/mol. The van der Waals surface area contributed by atoms with Crippen LogP contribution in [-0.4, -0.2) is 46.1 Å². The van der Waals surface area contributed by atoms with Gasteiger partial charge in [-0.05, 0) is 13.3 Å². The topological polar surface area (TPSA) is 105 Å². The molecule has 3 N–H and O–H groups in total. The fraction of sp³-hybridized carbons (Fsp3) is 0.583. The second-order valence-electron chi connectivity index (χ2n) is 4.78. The fourth-order valence-electron chi connectivity index (χ4n) is 2.10. The number of urea groups is 1. The molecule has 0 aliphatic carbocycles.